The van der Waals surface area contributed by atoms with E-state index in [2.05, 4.69) is 5.32 Å². The van der Waals surface area contributed by atoms with Crippen molar-refractivity contribution in [2.75, 3.05) is 13.2 Å². The number of benzene rings is 1. The van der Waals surface area contributed by atoms with Crippen LogP contribution in [0.25, 0.3) is 0 Å². The lowest BCUT2D eigenvalue weighted by atomic mass is 10.0. The molecule has 19 heavy (non-hydrogen) atoms. The lowest BCUT2D eigenvalue weighted by molar-refractivity contribution is 0.156. The predicted molar refractivity (Wildman–Crippen MR) is 70.5 cm³/mol. The van der Waals surface area contributed by atoms with Crippen LogP contribution in [0, 0.1) is 0 Å². The molecule has 2 aromatic rings. The number of hydrogen-bond acceptors (Lipinski definition) is 4. The third-order valence-electron chi connectivity index (χ3n) is 2.66. The zero-order chi connectivity index (χ0) is 13.5. The van der Waals surface area contributed by atoms with Gasteiger partial charge in [-0.25, -0.2) is 4.79 Å². The molecule has 1 aromatic heterocycles. The van der Waals surface area contributed by atoms with Crippen LogP contribution in [-0.2, 0) is 4.74 Å². The van der Waals surface area contributed by atoms with Gasteiger partial charge in [0.25, 0.3) is 0 Å². The van der Waals surface area contributed by atoms with Crippen molar-refractivity contribution in [1.29, 1.82) is 0 Å². The lowest BCUT2D eigenvalue weighted by Gasteiger charge is -2.16. The van der Waals surface area contributed by atoms with Crippen LogP contribution in [0.4, 0.5) is 4.79 Å². The molecular formula is C14H16N2O3. The Morgan fingerprint density at radius 1 is 1.26 bits per heavy atom. The molecule has 5 nitrogen and oxygen atoms in total. The molecule has 1 aromatic carbocycles. The molecule has 0 saturated heterocycles. The van der Waals surface area contributed by atoms with E-state index in [9.17, 15) is 4.79 Å². The summed E-state index contributed by atoms with van der Waals surface area (Å²) in [7, 11) is 0. The van der Waals surface area contributed by atoms with Gasteiger partial charge in [0.1, 0.15) is 12.4 Å². The fourth-order valence-corrected chi connectivity index (χ4v) is 1.84. The van der Waals surface area contributed by atoms with Crippen LogP contribution in [-0.4, -0.2) is 19.2 Å². The standard InChI is InChI=1S/C14H16N2O3/c15-14(17)19-10-8-16-13(12-7-4-9-18-12)11-5-2-1-3-6-11/h1-7,9,13,16H,8,10H2,(H2,15,17). The maximum absolute atomic E-state index is 10.5. The maximum atomic E-state index is 10.5. The van der Waals surface area contributed by atoms with Gasteiger partial charge < -0.3 is 20.2 Å². The monoisotopic (exact) mass is 260 g/mol. The Morgan fingerprint density at radius 2 is 2.05 bits per heavy atom. The minimum Gasteiger partial charge on any atom is -0.467 e. The number of nitrogens with two attached hydrogens (primary N) is 1. The van der Waals surface area contributed by atoms with Crippen molar-refractivity contribution in [2.24, 2.45) is 5.73 Å². The van der Waals surface area contributed by atoms with E-state index >= 15 is 0 Å². The zero-order valence-electron chi connectivity index (χ0n) is 10.4. The molecule has 0 fully saturated rings. The van der Waals surface area contributed by atoms with Gasteiger partial charge in [0.2, 0.25) is 0 Å². The van der Waals surface area contributed by atoms with Crippen molar-refractivity contribution < 1.29 is 13.9 Å². The molecule has 0 bridgehead atoms. The summed E-state index contributed by atoms with van der Waals surface area (Å²) in [6.45, 7) is 0.711. The first-order chi connectivity index (χ1) is 9.27. The van der Waals surface area contributed by atoms with Crippen molar-refractivity contribution in [2.45, 2.75) is 6.04 Å². The van der Waals surface area contributed by atoms with E-state index in [1.54, 1.807) is 6.26 Å². The maximum Gasteiger partial charge on any atom is 0.404 e. The highest BCUT2D eigenvalue weighted by atomic mass is 16.5. The molecule has 1 heterocycles. The molecule has 1 unspecified atom stereocenters. The quantitative estimate of drug-likeness (QED) is 0.779. The van der Waals surface area contributed by atoms with Crippen molar-refractivity contribution in [3.05, 3.63) is 60.1 Å². The third-order valence-corrected chi connectivity index (χ3v) is 2.66. The van der Waals surface area contributed by atoms with Crippen LogP contribution >= 0.6 is 0 Å². The number of nitrogens with one attached hydrogen (secondary N) is 1. The first-order valence-corrected chi connectivity index (χ1v) is 6.01. The number of furan rings is 1. The number of ether oxygens (including phenoxy) is 1. The Morgan fingerprint density at radius 3 is 2.68 bits per heavy atom. The first-order valence-electron chi connectivity index (χ1n) is 6.01. The smallest absolute Gasteiger partial charge is 0.404 e. The Kier molecular flexibility index (Phi) is 4.58. The number of amides is 1. The van der Waals surface area contributed by atoms with Crippen molar-refractivity contribution >= 4 is 6.09 Å². The molecule has 1 atom stereocenters. The summed E-state index contributed by atoms with van der Waals surface area (Å²) in [6, 6.07) is 13.6. The van der Waals surface area contributed by atoms with Crippen LogP contribution in [0.5, 0.6) is 0 Å². The number of rotatable bonds is 6. The highest BCUT2D eigenvalue weighted by Crippen LogP contribution is 2.21. The van der Waals surface area contributed by atoms with Crippen molar-refractivity contribution in [1.82, 2.24) is 5.32 Å². The third kappa shape index (κ3) is 3.86. The average Bonchev–Trinajstić information content (AvgIpc) is 2.93. The number of primary amides is 1. The summed E-state index contributed by atoms with van der Waals surface area (Å²) in [5.74, 6) is 0.810. The minimum absolute atomic E-state index is 0.0762. The molecule has 5 heteroatoms. The van der Waals surface area contributed by atoms with Crippen molar-refractivity contribution in [3.8, 4) is 0 Å². The predicted octanol–water partition coefficient (Wildman–Crippen LogP) is 2.05. The molecule has 2 rings (SSSR count). The SMILES string of the molecule is NC(=O)OCCNC(c1ccccc1)c1ccco1. The largest absolute Gasteiger partial charge is 0.467 e. The van der Waals surface area contributed by atoms with E-state index < -0.39 is 6.09 Å². The zero-order valence-corrected chi connectivity index (χ0v) is 10.4. The van der Waals surface area contributed by atoms with Gasteiger partial charge in [-0.2, -0.15) is 0 Å². The summed E-state index contributed by atoms with van der Waals surface area (Å²) in [6.07, 6.45) is 0.864. The summed E-state index contributed by atoms with van der Waals surface area (Å²) in [4.78, 5) is 10.5. The summed E-state index contributed by atoms with van der Waals surface area (Å²) in [5.41, 5.74) is 5.99. The van der Waals surface area contributed by atoms with Gasteiger partial charge in [0.05, 0.1) is 12.3 Å². The molecule has 100 valence electrons. The van der Waals surface area contributed by atoms with E-state index in [0.717, 1.165) is 11.3 Å². The second-order valence-electron chi connectivity index (χ2n) is 3.98. The molecule has 0 spiro atoms. The van der Waals surface area contributed by atoms with E-state index in [1.807, 2.05) is 42.5 Å². The fraction of sp³-hybridized carbons (Fsp3) is 0.214. The summed E-state index contributed by atoms with van der Waals surface area (Å²) >= 11 is 0. The Bertz CT molecular complexity index is 497. The van der Waals surface area contributed by atoms with Crippen LogP contribution in [0.3, 0.4) is 0 Å². The van der Waals surface area contributed by atoms with Crippen LogP contribution in [0.1, 0.15) is 17.4 Å². The molecule has 0 aliphatic carbocycles. The molecule has 0 radical (unpaired) electrons. The molecule has 1 amide bonds. The van der Waals surface area contributed by atoms with E-state index in [0.29, 0.717) is 6.54 Å². The fourth-order valence-electron chi connectivity index (χ4n) is 1.84. The average molecular weight is 260 g/mol. The first kappa shape index (κ1) is 13.2. The second kappa shape index (κ2) is 6.61. The highest BCUT2D eigenvalue weighted by Gasteiger charge is 2.15. The topological polar surface area (TPSA) is 77.5 Å². The van der Waals surface area contributed by atoms with Gasteiger partial charge in [-0.1, -0.05) is 30.3 Å². The normalized spacial score (nSPS) is 12.0. The number of carbonyl (C=O) groups excluding carboxylic acids is 1. The van der Waals surface area contributed by atoms with Gasteiger partial charge in [-0.05, 0) is 17.7 Å². The van der Waals surface area contributed by atoms with Gasteiger partial charge in [-0.15, -0.1) is 0 Å². The van der Waals surface area contributed by atoms with Crippen LogP contribution < -0.4 is 11.1 Å². The lowest BCUT2D eigenvalue weighted by Crippen LogP contribution is -2.27. The Labute approximate surface area is 111 Å². The van der Waals surface area contributed by atoms with E-state index in [1.165, 1.54) is 0 Å². The van der Waals surface area contributed by atoms with Gasteiger partial charge in [0.15, 0.2) is 0 Å². The number of hydrogen-bond donors (Lipinski definition) is 2. The Balaban J connectivity index is 2.02. The van der Waals surface area contributed by atoms with Gasteiger partial charge in [-0.3, -0.25) is 0 Å². The van der Waals surface area contributed by atoms with E-state index in [-0.39, 0.29) is 12.6 Å². The minimum atomic E-state index is -0.768. The molecule has 0 aliphatic rings. The molecular weight excluding hydrogens is 244 g/mol. The molecule has 0 saturated carbocycles. The number of carbonyl (C=O) groups is 1. The van der Waals surface area contributed by atoms with Crippen LogP contribution in [0.2, 0.25) is 0 Å². The van der Waals surface area contributed by atoms with E-state index in [4.69, 9.17) is 14.9 Å². The van der Waals surface area contributed by atoms with Gasteiger partial charge >= 0.3 is 6.09 Å². The molecule has 0 aliphatic heterocycles. The highest BCUT2D eigenvalue weighted by molar-refractivity contribution is 5.64. The summed E-state index contributed by atoms with van der Waals surface area (Å²) in [5, 5.41) is 3.27. The van der Waals surface area contributed by atoms with Crippen LogP contribution in [0.15, 0.2) is 53.1 Å². The van der Waals surface area contributed by atoms with Crippen molar-refractivity contribution in [3.63, 3.8) is 0 Å². The second-order valence-corrected chi connectivity index (χ2v) is 3.98. The summed E-state index contributed by atoms with van der Waals surface area (Å²) < 4.78 is 10.1. The molecule has 3 N–H and O–H groups in total. The Hall–Kier alpha value is -2.27. The van der Waals surface area contributed by atoms with Gasteiger partial charge in [0, 0.05) is 6.54 Å².